The Morgan fingerprint density at radius 2 is 1.89 bits per heavy atom. The van der Waals surface area contributed by atoms with Crippen molar-refractivity contribution in [1.82, 2.24) is 8.87 Å². The number of piperidine rings is 1. The smallest absolute Gasteiger partial charge is 0.272 e. The Hall–Kier alpha value is -2.19. The Kier molecular flexibility index (Phi) is 5.39. The van der Waals surface area contributed by atoms with Crippen LogP contribution in [0, 0.1) is 18.7 Å². The number of rotatable bonds is 4. The van der Waals surface area contributed by atoms with Crippen LogP contribution < -0.4 is 5.32 Å². The van der Waals surface area contributed by atoms with E-state index in [2.05, 4.69) is 12.2 Å². The molecule has 1 amide bonds. The zero-order valence-electron chi connectivity index (χ0n) is 15.7. The molecule has 6 nitrogen and oxygen atoms in total. The van der Waals surface area contributed by atoms with E-state index in [1.165, 1.54) is 39.3 Å². The van der Waals surface area contributed by atoms with Crippen molar-refractivity contribution in [2.24, 2.45) is 13.0 Å². The van der Waals surface area contributed by atoms with Gasteiger partial charge in [-0.15, -0.1) is 0 Å². The lowest BCUT2D eigenvalue weighted by Crippen LogP contribution is -2.37. The molecule has 146 valence electrons. The van der Waals surface area contributed by atoms with E-state index in [-0.39, 0.29) is 16.4 Å². The fourth-order valence-corrected chi connectivity index (χ4v) is 4.77. The maximum Gasteiger partial charge on any atom is 0.272 e. The molecule has 0 atom stereocenters. The molecule has 1 aliphatic rings. The first-order valence-electron chi connectivity index (χ1n) is 8.92. The summed E-state index contributed by atoms with van der Waals surface area (Å²) in [6, 6.07) is 5.47. The number of carbonyl (C=O) groups is 1. The fraction of sp³-hybridized carbons (Fsp3) is 0.421. The zero-order valence-corrected chi connectivity index (χ0v) is 16.5. The predicted octanol–water partition coefficient (Wildman–Crippen LogP) is 3.15. The maximum atomic E-state index is 13.2. The van der Waals surface area contributed by atoms with Gasteiger partial charge in [0.15, 0.2) is 0 Å². The number of nitrogens with one attached hydrogen (secondary N) is 1. The van der Waals surface area contributed by atoms with Crippen molar-refractivity contribution in [3.05, 3.63) is 47.5 Å². The van der Waals surface area contributed by atoms with Crippen LogP contribution in [0.3, 0.4) is 0 Å². The molecule has 0 radical (unpaired) electrons. The van der Waals surface area contributed by atoms with Crippen molar-refractivity contribution in [2.75, 3.05) is 18.4 Å². The number of hydrogen-bond acceptors (Lipinski definition) is 3. The highest BCUT2D eigenvalue weighted by molar-refractivity contribution is 7.89. The lowest BCUT2D eigenvalue weighted by Gasteiger charge is -2.29. The third-order valence-electron chi connectivity index (χ3n) is 5.03. The zero-order chi connectivity index (χ0) is 19.8. The van der Waals surface area contributed by atoms with Gasteiger partial charge in [0.1, 0.15) is 16.4 Å². The van der Waals surface area contributed by atoms with Gasteiger partial charge in [-0.2, -0.15) is 4.31 Å². The van der Waals surface area contributed by atoms with Gasteiger partial charge in [0, 0.05) is 32.0 Å². The summed E-state index contributed by atoms with van der Waals surface area (Å²) in [5, 5.41) is 2.71. The van der Waals surface area contributed by atoms with Crippen LogP contribution in [0.5, 0.6) is 0 Å². The molecule has 1 fully saturated rings. The van der Waals surface area contributed by atoms with E-state index in [0.29, 0.717) is 30.3 Å². The number of carbonyl (C=O) groups excluding carboxylic acids is 1. The Morgan fingerprint density at radius 3 is 2.52 bits per heavy atom. The second-order valence-electron chi connectivity index (χ2n) is 7.17. The molecule has 3 rings (SSSR count). The van der Waals surface area contributed by atoms with Crippen LogP contribution in [-0.2, 0) is 17.1 Å². The quantitative estimate of drug-likeness (QED) is 0.867. The van der Waals surface area contributed by atoms with Crippen molar-refractivity contribution in [3.63, 3.8) is 0 Å². The Bertz CT molecular complexity index is 961. The molecule has 2 heterocycles. The van der Waals surface area contributed by atoms with Gasteiger partial charge in [0.05, 0.1) is 0 Å². The van der Waals surface area contributed by atoms with Crippen LogP contribution in [0.25, 0.3) is 0 Å². The second-order valence-corrected chi connectivity index (χ2v) is 9.11. The molecule has 0 saturated carbocycles. The summed E-state index contributed by atoms with van der Waals surface area (Å²) < 4.78 is 41.9. The minimum Gasteiger partial charge on any atom is -0.345 e. The average Bonchev–Trinajstić information content (AvgIpc) is 3.00. The maximum absolute atomic E-state index is 13.2. The number of amides is 1. The molecular formula is C19H24FN3O3S. The highest BCUT2D eigenvalue weighted by Gasteiger charge is 2.30. The minimum atomic E-state index is -3.62. The summed E-state index contributed by atoms with van der Waals surface area (Å²) in [5.74, 6) is -0.304. The molecule has 1 aromatic carbocycles. The van der Waals surface area contributed by atoms with Gasteiger partial charge in [0.25, 0.3) is 5.91 Å². The molecule has 8 heteroatoms. The monoisotopic (exact) mass is 393 g/mol. The average molecular weight is 393 g/mol. The summed E-state index contributed by atoms with van der Waals surface area (Å²) in [5.41, 5.74) is 1.30. The van der Waals surface area contributed by atoms with Gasteiger partial charge in [-0.3, -0.25) is 4.79 Å². The van der Waals surface area contributed by atoms with Gasteiger partial charge in [-0.1, -0.05) is 6.92 Å². The van der Waals surface area contributed by atoms with E-state index in [4.69, 9.17) is 0 Å². The van der Waals surface area contributed by atoms with Crippen molar-refractivity contribution >= 4 is 21.6 Å². The molecule has 0 unspecified atom stereocenters. The van der Waals surface area contributed by atoms with E-state index in [0.717, 1.165) is 12.8 Å². The van der Waals surface area contributed by atoms with Crippen LogP contribution in [0.2, 0.25) is 0 Å². The van der Waals surface area contributed by atoms with Crippen LogP contribution in [0.15, 0.2) is 35.4 Å². The van der Waals surface area contributed by atoms with E-state index < -0.39 is 15.9 Å². The molecule has 2 aromatic rings. The fourth-order valence-electron chi connectivity index (χ4n) is 3.23. The molecule has 1 aliphatic heterocycles. The summed E-state index contributed by atoms with van der Waals surface area (Å²) >= 11 is 0. The number of nitrogens with zero attached hydrogens (tertiary/aromatic N) is 2. The van der Waals surface area contributed by atoms with Crippen molar-refractivity contribution < 1.29 is 17.6 Å². The number of hydrogen-bond donors (Lipinski definition) is 1. The van der Waals surface area contributed by atoms with Crippen molar-refractivity contribution in [2.45, 2.75) is 31.6 Å². The molecule has 0 bridgehead atoms. The summed E-state index contributed by atoms with van der Waals surface area (Å²) in [4.78, 5) is 12.7. The Balaban J connectivity index is 1.82. The first-order chi connectivity index (χ1) is 12.7. The van der Waals surface area contributed by atoms with Crippen LogP contribution in [-0.4, -0.2) is 36.3 Å². The largest absolute Gasteiger partial charge is 0.345 e. The lowest BCUT2D eigenvalue weighted by atomic mass is 10.0. The molecule has 1 N–H and O–H groups in total. The minimum absolute atomic E-state index is 0.112. The van der Waals surface area contributed by atoms with Crippen LogP contribution >= 0.6 is 0 Å². The summed E-state index contributed by atoms with van der Waals surface area (Å²) in [7, 11) is -2.00. The molecule has 27 heavy (non-hydrogen) atoms. The normalized spacial score (nSPS) is 16.4. The second kappa shape index (κ2) is 7.44. The summed E-state index contributed by atoms with van der Waals surface area (Å²) in [6.45, 7) is 4.80. The standard InChI is InChI=1S/C19H24FN3O3S/c1-13-6-8-23(9-7-13)27(25,26)16-11-18(22(3)12-16)19(24)21-17-5-4-15(20)10-14(17)2/h4-5,10-13H,6-9H2,1-3H3,(H,21,24). The van der Waals surface area contributed by atoms with Crippen molar-refractivity contribution in [3.8, 4) is 0 Å². The molecule has 1 saturated heterocycles. The first kappa shape index (κ1) is 19.6. The number of halogens is 1. The number of aromatic nitrogens is 1. The number of sulfonamides is 1. The Labute approximate surface area is 159 Å². The lowest BCUT2D eigenvalue weighted by molar-refractivity contribution is 0.101. The molecular weight excluding hydrogens is 369 g/mol. The Morgan fingerprint density at radius 1 is 1.22 bits per heavy atom. The number of aryl methyl sites for hydroxylation is 2. The number of anilines is 1. The van der Waals surface area contributed by atoms with E-state index in [1.807, 2.05) is 0 Å². The van der Waals surface area contributed by atoms with Gasteiger partial charge in [-0.25, -0.2) is 12.8 Å². The third kappa shape index (κ3) is 4.06. The predicted molar refractivity (Wildman–Crippen MR) is 102 cm³/mol. The van der Waals surface area contributed by atoms with Gasteiger partial charge in [0.2, 0.25) is 10.0 Å². The van der Waals surface area contributed by atoms with Crippen LogP contribution in [0.4, 0.5) is 10.1 Å². The topological polar surface area (TPSA) is 71.4 Å². The molecule has 1 aromatic heterocycles. The van der Waals surface area contributed by atoms with Crippen molar-refractivity contribution in [1.29, 1.82) is 0 Å². The number of benzene rings is 1. The SMILES string of the molecule is Cc1cc(F)ccc1NC(=O)c1cc(S(=O)(=O)N2CCC(C)CC2)cn1C. The van der Waals surface area contributed by atoms with Gasteiger partial charge in [-0.05, 0) is 55.5 Å². The van der Waals surface area contributed by atoms with E-state index >= 15 is 0 Å². The van der Waals surface area contributed by atoms with Crippen LogP contribution in [0.1, 0.15) is 35.8 Å². The highest BCUT2D eigenvalue weighted by Crippen LogP contribution is 2.25. The first-order valence-corrected chi connectivity index (χ1v) is 10.4. The van der Waals surface area contributed by atoms with E-state index in [1.54, 1.807) is 14.0 Å². The molecule has 0 spiro atoms. The molecule has 0 aliphatic carbocycles. The summed E-state index contributed by atoms with van der Waals surface area (Å²) in [6.07, 6.45) is 3.13. The van der Waals surface area contributed by atoms with Gasteiger partial charge >= 0.3 is 0 Å². The van der Waals surface area contributed by atoms with Gasteiger partial charge < -0.3 is 9.88 Å². The van der Waals surface area contributed by atoms with E-state index in [9.17, 15) is 17.6 Å². The third-order valence-corrected chi connectivity index (χ3v) is 6.89. The highest BCUT2D eigenvalue weighted by atomic mass is 32.2.